The average molecular weight is 436 g/mol. The number of aryl methyl sites for hydroxylation is 1. The molecular weight excluding hydrogens is 410 g/mol. The van der Waals surface area contributed by atoms with Crippen molar-refractivity contribution in [1.82, 2.24) is 20.2 Å². The number of anilines is 1. The molecule has 0 spiro atoms. The van der Waals surface area contributed by atoms with Crippen molar-refractivity contribution in [3.05, 3.63) is 40.6 Å². The van der Waals surface area contributed by atoms with Crippen LogP contribution >= 0.6 is 11.6 Å². The molecule has 2 aromatic heterocycles. The molecule has 1 atom stereocenters. The van der Waals surface area contributed by atoms with Gasteiger partial charge in [0, 0.05) is 32.7 Å². The maximum Gasteiger partial charge on any atom is 0.271 e. The summed E-state index contributed by atoms with van der Waals surface area (Å²) in [7, 11) is 0. The summed E-state index contributed by atoms with van der Waals surface area (Å²) in [5, 5.41) is 3.20. The average Bonchev–Trinajstić information content (AvgIpc) is 3.21. The van der Waals surface area contributed by atoms with E-state index in [4.69, 9.17) is 25.5 Å². The zero-order chi connectivity index (χ0) is 20.9. The van der Waals surface area contributed by atoms with Crippen molar-refractivity contribution < 1.29 is 18.7 Å². The van der Waals surface area contributed by atoms with Gasteiger partial charge in [0.15, 0.2) is 5.69 Å². The van der Waals surface area contributed by atoms with Gasteiger partial charge in [0.05, 0.1) is 43.7 Å². The van der Waals surface area contributed by atoms with Gasteiger partial charge in [0.25, 0.3) is 5.91 Å². The van der Waals surface area contributed by atoms with Gasteiger partial charge >= 0.3 is 0 Å². The van der Waals surface area contributed by atoms with Crippen LogP contribution in [0.4, 0.5) is 5.95 Å². The van der Waals surface area contributed by atoms with E-state index in [-0.39, 0.29) is 22.7 Å². The van der Waals surface area contributed by atoms with Crippen LogP contribution in [0.1, 0.15) is 28.1 Å². The number of hydrogen-bond donors (Lipinski definition) is 1. The van der Waals surface area contributed by atoms with Gasteiger partial charge in [-0.05, 0) is 19.1 Å². The summed E-state index contributed by atoms with van der Waals surface area (Å²) in [5.74, 6) is 1.80. The molecule has 1 unspecified atom stereocenters. The fraction of sp³-hybridized carbons (Fsp3) is 0.550. The van der Waals surface area contributed by atoms with Gasteiger partial charge in [0.1, 0.15) is 11.5 Å². The number of nitrogens with one attached hydrogen (secondary N) is 1. The molecule has 0 saturated carbocycles. The van der Waals surface area contributed by atoms with Gasteiger partial charge < -0.3 is 24.1 Å². The van der Waals surface area contributed by atoms with Crippen molar-refractivity contribution in [3.8, 4) is 0 Å². The normalized spacial score (nSPS) is 18.9. The monoisotopic (exact) mass is 435 g/mol. The minimum absolute atomic E-state index is 0.0918. The molecule has 0 aromatic carbocycles. The highest BCUT2D eigenvalue weighted by atomic mass is 35.5. The molecule has 2 aliphatic heterocycles. The molecule has 0 radical (unpaired) electrons. The van der Waals surface area contributed by atoms with Crippen molar-refractivity contribution in [3.63, 3.8) is 0 Å². The van der Waals surface area contributed by atoms with E-state index < -0.39 is 0 Å². The summed E-state index contributed by atoms with van der Waals surface area (Å²) in [6.07, 6.45) is 1.48. The summed E-state index contributed by atoms with van der Waals surface area (Å²) in [5.41, 5.74) is 0.171. The minimum atomic E-state index is -0.335. The Bertz CT molecular complexity index is 865. The molecule has 0 bridgehead atoms. The third kappa shape index (κ3) is 4.92. The molecule has 9 nitrogen and oxygen atoms in total. The molecule has 0 aliphatic carbocycles. The quantitative estimate of drug-likeness (QED) is 0.732. The summed E-state index contributed by atoms with van der Waals surface area (Å²) >= 11 is 6.24. The Labute approximate surface area is 180 Å². The summed E-state index contributed by atoms with van der Waals surface area (Å²) in [6, 6.07) is 3.79. The molecule has 2 aliphatic rings. The Morgan fingerprint density at radius 3 is 2.53 bits per heavy atom. The van der Waals surface area contributed by atoms with Crippen molar-refractivity contribution in [2.75, 3.05) is 64.1 Å². The fourth-order valence-corrected chi connectivity index (χ4v) is 3.81. The van der Waals surface area contributed by atoms with Gasteiger partial charge in [-0.2, -0.15) is 0 Å². The Balaban J connectivity index is 1.47. The lowest BCUT2D eigenvalue weighted by molar-refractivity contribution is 0.0117. The summed E-state index contributed by atoms with van der Waals surface area (Å²) in [6.45, 7) is 7.72. The number of rotatable bonds is 6. The van der Waals surface area contributed by atoms with Crippen LogP contribution in [0.5, 0.6) is 0 Å². The molecule has 4 heterocycles. The Morgan fingerprint density at radius 2 is 1.87 bits per heavy atom. The number of hydrogen-bond acceptors (Lipinski definition) is 8. The predicted octanol–water partition coefficient (Wildman–Crippen LogP) is 1.67. The summed E-state index contributed by atoms with van der Waals surface area (Å²) in [4.78, 5) is 25.9. The number of carbonyl (C=O) groups excluding carboxylic acids is 1. The molecular formula is C20H26ClN5O4. The third-order valence-corrected chi connectivity index (χ3v) is 5.55. The maximum atomic E-state index is 12.9. The first-order valence-corrected chi connectivity index (χ1v) is 10.5. The lowest BCUT2D eigenvalue weighted by atomic mass is 10.1. The van der Waals surface area contributed by atoms with Gasteiger partial charge in [-0.3, -0.25) is 9.69 Å². The molecule has 162 valence electrons. The van der Waals surface area contributed by atoms with E-state index in [1.165, 1.54) is 6.20 Å². The second kappa shape index (κ2) is 9.74. The first-order valence-electron chi connectivity index (χ1n) is 10.1. The number of furan rings is 1. The number of carbonyl (C=O) groups is 1. The highest BCUT2D eigenvalue weighted by Crippen LogP contribution is 2.24. The van der Waals surface area contributed by atoms with Crippen LogP contribution in [0, 0.1) is 6.92 Å². The van der Waals surface area contributed by atoms with Gasteiger partial charge in [0.2, 0.25) is 5.95 Å². The molecule has 4 rings (SSSR count). The van der Waals surface area contributed by atoms with Gasteiger partial charge in [-0.25, -0.2) is 9.97 Å². The standard InChI is InChI=1S/C20H26ClN5O4/c1-14-2-3-17(30-14)16(25-4-8-28-9-5-25)13-22-19(27)18-15(21)12-23-20(24-18)26-6-10-29-11-7-26/h2-3,12,16H,4-11,13H2,1H3,(H,22,27). The Morgan fingerprint density at radius 1 is 1.17 bits per heavy atom. The van der Waals surface area contributed by atoms with Crippen molar-refractivity contribution in [2.45, 2.75) is 13.0 Å². The number of halogens is 1. The van der Waals surface area contributed by atoms with E-state index in [1.807, 2.05) is 24.0 Å². The van der Waals surface area contributed by atoms with Crippen LogP contribution in [0.2, 0.25) is 5.02 Å². The largest absolute Gasteiger partial charge is 0.465 e. The van der Waals surface area contributed by atoms with E-state index in [0.717, 1.165) is 24.6 Å². The molecule has 30 heavy (non-hydrogen) atoms. The molecule has 1 N–H and O–H groups in total. The Kier molecular flexibility index (Phi) is 6.83. The highest BCUT2D eigenvalue weighted by Gasteiger charge is 2.27. The van der Waals surface area contributed by atoms with Crippen LogP contribution < -0.4 is 10.2 Å². The number of ether oxygens (including phenoxy) is 2. The maximum absolute atomic E-state index is 12.9. The van der Waals surface area contributed by atoms with E-state index in [1.54, 1.807) is 0 Å². The highest BCUT2D eigenvalue weighted by molar-refractivity contribution is 6.33. The zero-order valence-corrected chi connectivity index (χ0v) is 17.7. The summed E-state index contributed by atoms with van der Waals surface area (Å²) < 4.78 is 16.7. The number of nitrogens with zero attached hydrogens (tertiary/aromatic N) is 4. The van der Waals surface area contributed by atoms with Crippen LogP contribution in [0.15, 0.2) is 22.7 Å². The van der Waals surface area contributed by atoms with E-state index in [0.29, 0.717) is 52.0 Å². The molecule has 2 saturated heterocycles. The lowest BCUT2D eigenvalue weighted by Gasteiger charge is -2.33. The van der Waals surface area contributed by atoms with Crippen molar-refractivity contribution >= 4 is 23.5 Å². The van der Waals surface area contributed by atoms with Crippen molar-refractivity contribution in [1.29, 1.82) is 0 Å². The topological polar surface area (TPSA) is 93.0 Å². The molecule has 10 heteroatoms. The SMILES string of the molecule is Cc1ccc(C(CNC(=O)c2nc(N3CCOCC3)ncc2Cl)N2CCOCC2)o1. The first kappa shape index (κ1) is 21.0. The molecule has 2 fully saturated rings. The van der Waals surface area contributed by atoms with Gasteiger partial charge in [-0.1, -0.05) is 11.6 Å². The van der Waals surface area contributed by atoms with E-state index in [2.05, 4.69) is 20.2 Å². The van der Waals surface area contributed by atoms with Crippen LogP contribution in [0.3, 0.4) is 0 Å². The van der Waals surface area contributed by atoms with Crippen LogP contribution in [-0.2, 0) is 9.47 Å². The minimum Gasteiger partial charge on any atom is -0.465 e. The second-order valence-corrected chi connectivity index (χ2v) is 7.70. The first-order chi connectivity index (χ1) is 14.6. The molecule has 1 amide bonds. The smallest absolute Gasteiger partial charge is 0.271 e. The predicted molar refractivity (Wildman–Crippen MR) is 111 cm³/mol. The van der Waals surface area contributed by atoms with E-state index >= 15 is 0 Å². The third-order valence-electron chi connectivity index (χ3n) is 5.27. The van der Waals surface area contributed by atoms with Crippen LogP contribution in [-0.4, -0.2) is 79.9 Å². The van der Waals surface area contributed by atoms with Crippen LogP contribution in [0.25, 0.3) is 0 Å². The molecule has 2 aromatic rings. The Hall–Kier alpha value is -2.20. The van der Waals surface area contributed by atoms with Gasteiger partial charge in [-0.15, -0.1) is 0 Å². The zero-order valence-electron chi connectivity index (χ0n) is 17.0. The van der Waals surface area contributed by atoms with Crippen molar-refractivity contribution in [2.24, 2.45) is 0 Å². The lowest BCUT2D eigenvalue weighted by Crippen LogP contribution is -2.44. The number of aromatic nitrogens is 2. The van der Waals surface area contributed by atoms with E-state index in [9.17, 15) is 4.79 Å². The number of morpholine rings is 2. The second-order valence-electron chi connectivity index (χ2n) is 7.29. The fourth-order valence-electron chi connectivity index (χ4n) is 3.64. The number of amides is 1.